The summed E-state index contributed by atoms with van der Waals surface area (Å²) in [6.45, 7) is 0.749. The predicted molar refractivity (Wildman–Crippen MR) is 65.9 cm³/mol. The number of piperidine rings is 1. The molecule has 0 saturated carbocycles. The van der Waals surface area contributed by atoms with Crippen LogP contribution in [0, 0.1) is 0 Å². The Morgan fingerprint density at radius 2 is 2.18 bits per heavy atom. The summed E-state index contributed by atoms with van der Waals surface area (Å²) in [7, 11) is 1.64. The molecule has 92 valence electrons. The summed E-state index contributed by atoms with van der Waals surface area (Å²) in [5.41, 5.74) is 0.843. The minimum absolute atomic E-state index is 0.00935. The van der Waals surface area contributed by atoms with Gasteiger partial charge in [-0.15, -0.1) is 0 Å². The Morgan fingerprint density at radius 1 is 1.41 bits per heavy atom. The van der Waals surface area contributed by atoms with Crippen molar-refractivity contribution >= 4 is 6.03 Å². The highest BCUT2D eigenvalue weighted by molar-refractivity contribution is 5.74. The molecule has 1 atom stereocenters. The van der Waals surface area contributed by atoms with Crippen LogP contribution in [0.25, 0.3) is 0 Å². The van der Waals surface area contributed by atoms with E-state index in [1.165, 1.54) is 0 Å². The number of hydrogen-bond acceptors (Lipinski definition) is 2. The van der Waals surface area contributed by atoms with Crippen molar-refractivity contribution in [1.82, 2.24) is 10.2 Å². The number of aromatic hydroxyl groups is 1. The Kier molecular flexibility index (Phi) is 3.52. The molecule has 4 heteroatoms. The molecule has 0 radical (unpaired) electrons. The van der Waals surface area contributed by atoms with Crippen LogP contribution in [0.5, 0.6) is 5.75 Å². The van der Waals surface area contributed by atoms with E-state index < -0.39 is 0 Å². The van der Waals surface area contributed by atoms with Crippen molar-refractivity contribution < 1.29 is 9.90 Å². The third kappa shape index (κ3) is 2.35. The zero-order chi connectivity index (χ0) is 12.3. The third-order valence-corrected chi connectivity index (χ3v) is 3.27. The molecule has 1 unspecified atom stereocenters. The maximum Gasteiger partial charge on any atom is 0.317 e. The minimum Gasteiger partial charge on any atom is -0.508 e. The van der Waals surface area contributed by atoms with Gasteiger partial charge in [0.25, 0.3) is 0 Å². The number of phenols is 1. The number of nitrogens with one attached hydrogen (secondary N) is 1. The van der Waals surface area contributed by atoms with E-state index in [-0.39, 0.29) is 17.8 Å². The van der Waals surface area contributed by atoms with Gasteiger partial charge in [-0.1, -0.05) is 18.2 Å². The van der Waals surface area contributed by atoms with Gasteiger partial charge in [0.1, 0.15) is 5.75 Å². The highest BCUT2D eigenvalue weighted by Gasteiger charge is 2.28. The molecule has 0 aromatic heterocycles. The molecule has 1 saturated heterocycles. The number of hydrogen-bond donors (Lipinski definition) is 2. The lowest BCUT2D eigenvalue weighted by atomic mass is 9.95. The fraction of sp³-hybridized carbons (Fsp3) is 0.462. The fourth-order valence-electron chi connectivity index (χ4n) is 2.41. The summed E-state index contributed by atoms with van der Waals surface area (Å²) in [6, 6.07) is 7.17. The molecular weight excluding hydrogens is 216 g/mol. The zero-order valence-electron chi connectivity index (χ0n) is 10.0. The molecule has 2 amide bonds. The molecule has 1 aromatic rings. The van der Waals surface area contributed by atoms with Crippen molar-refractivity contribution in [2.24, 2.45) is 0 Å². The van der Waals surface area contributed by atoms with Gasteiger partial charge in [0.05, 0.1) is 6.04 Å². The zero-order valence-corrected chi connectivity index (χ0v) is 10.0. The molecule has 1 aromatic carbocycles. The van der Waals surface area contributed by atoms with Crippen molar-refractivity contribution in [1.29, 1.82) is 0 Å². The molecule has 0 spiro atoms. The Morgan fingerprint density at radius 3 is 2.88 bits per heavy atom. The second kappa shape index (κ2) is 5.08. The van der Waals surface area contributed by atoms with Gasteiger partial charge in [0, 0.05) is 19.2 Å². The van der Waals surface area contributed by atoms with E-state index in [0.29, 0.717) is 0 Å². The van der Waals surface area contributed by atoms with Crippen molar-refractivity contribution in [3.05, 3.63) is 29.8 Å². The number of rotatable bonds is 1. The second-order valence-corrected chi connectivity index (χ2v) is 4.32. The van der Waals surface area contributed by atoms with Crippen LogP contribution in [0.15, 0.2) is 24.3 Å². The predicted octanol–water partition coefficient (Wildman–Crippen LogP) is 2.26. The van der Waals surface area contributed by atoms with E-state index in [4.69, 9.17) is 0 Å². The van der Waals surface area contributed by atoms with Gasteiger partial charge >= 0.3 is 6.03 Å². The van der Waals surface area contributed by atoms with E-state index in [1.807, 2.05) is 12.1 Å². The van der Waals surface area contributed by atoms with Gasteiger partial charge < -0.3 is 15.3 Å². The quantitative estimate of drug-likeness (QED) is 0.783. The van der Waals surface area contributed by atoms with E-state index in [0.717, 1.165) is 31.4 Å². The van der Waals surface area contributed by atoms with Gasteiger partial charge in [-0.2, -0.15) is 0 Å². The van der Waals surface area contributed by atoms with Gasteiger partial charge in [0.2, 0.25) is 0 Å². The van der Waals surface area contributed by atoms with Gasteiger partial charge in [-0.3, -0.25) is 0 Å². The number of nitrogens with zero attached hydrogens (tertiary/aromatic N) is 1. The van der Waals surface area contributed by atoms with E-state index in [9.17, 15) is 9.90 Å². The van der Waals surface area contributed by atoms with Gasteiger partial charge in [0.15, 0.2) is 0 Å². The van der Waals surface area contributed by atoms with Crippen LogP contribution in [0.2, 0.25) is 0 Å². The average molecular weight is 234 g/mol. The fourth-order valence-corrected chi connectivity index (χ4v) is 2.41. The lowest BCUT2D eigenvalue weighted by Crippen LogP contribution is -2.43. The third-order valence-electron chi connectivity index (χ3n) is 3.27. The molecule has 4 nitrogen and oxygen atoms in total. The Hall–Kier alpha value is -1.71. The van der Waals surface area contributed by atoms with Crippen LogP contribution in [-0.4, -0.2) is 29.6 Å². The average Bonchev–Trinajstić information content (AvgIpc) is 2.38. The smallest absolute Gasteiger partial charge is 0.317 e. The number of likely N-dealkylation sites (tertiary alicyclic amines) is 1. The molecule has 1 fully saturated rings. The number of benzene rings is 1. The Labute approximate surface area is 101 Å². The first kappa shape index (κ1) is 11.8. The van der Waals surface area contributed by atoms with Crippen molar-refractivity contribution in [3.8, 4) is 5.75 Å². The SMILES string of the molecule is CNC(=O)N1CCCCC1c1ccccc1O. The molecule has 1 aliphatic rings. The minimum atomic E-state index is -0.0713. The molecule has 2 rings (SSSR count). The van der Waals surface area contributed by atoms with Crippen LogP contribution in [-0.2, 0) is 0 Å². The molecule has 17 heavy (non-hydrogen) atoms. The Balaban J connectivity index is 2.28. The molecule has 0 aliphatic carbocycles. The molecule has 1 aliphatic heterocycles. The van der Waals surface area contributed by atoms with Crippen LogP contribution >= 0.6 is 0 Å². The maximum atomic E-state index is 11.8. The molecule has 1 heterocycles. The number of carbonyl (C=O) groups excluding carboxylic acids is 1. The summed E-state index contributed by atoms with van der Waals surface area (Å²) in [4.78, 5) is 13.6. The van der Waals surface area contributed by atoms with Crippen molar-refractivity contribution in [2.75, 3.05) is 13.6 Å². The summed E-state index contributed by atoms with van der Waals surface area (Å²) in [5, 5.41) is 12.5. The standard InChI is InChI=1S/C13H18N2O2/c1-14-13(17)15-9-5-4-7-11(15)10-6-2-3-8-12(10)16/h2-3,6,8,11,16H,4-5,7,9H2,1H3,(H,14,17). The highest BCUT2D eigenvalue weighted by atomic mass is 16.3. The monoisotopic (exact) mass is 234 g/mol. The second-order valence-electron chi connectivity index (χ2n) is 4.32. The number of carbonyl (C=O) groups is 1. The van der Waals surface area contributed by atoms with Gasteiger partial charge in [-0.05, 0) is 25.3 Å². The summed E-state index contributed by atoms with van der Waals surface area (Å²) in [5.74, 6) is 0.272. The number of urea groups is 1. The molecule has 0 bridgehead atoms. The van der Waals surface area contributed by atoms with E-state index in [2.05, 4.69) is 5.32 Å². The first-order valence-electron chi connectivity index (χ1n) is 6.00. The van der Waals surface area contributed by atoms with Crippen molar-refractivity contribution in [2.45, 2.75) is 25.3 Å². The van der Waals surface area contributed by atoms with Crippen LogP contribution in [0.1, 0.15) is 30.9 Å². The van der Waals surface area contributed by atoms with Crippen LogP contribution in [0.4, 0.5) is 4.79 Å². The normalized spacial score (nSPS) is 20.1. The first-order chi connectivity index (χ1) is 8.24. The van der Waals surface area contributed by atoms with Crippen LogP contribution < -0.4 is 5.32 Å². The highest BCUT2D eigenvalue weighted by Crippen LogP contribution is 2.35. The van der Waals surface area contributed by atoms with E-state index >= 15 is 0 Å². The topological polar surface area (TPSA) is 52.6 Å². The van der Waals surface area contributed by atoms with Crippen LogP contribution in [0.3, 0.4) is 0 Å². The number of phenolic OH excluding ortho intramolecular Hbond substituents is 1. The molecule has 2 N–H and O–H groups in total. The largest absolute Gasteiger partial charge is 0.508 e. The maximum absolute atomic E-state index is 11.8. The summed E-state index contributed by atoms with van der Waals surface area (Å²) < 4.78 is 0. The lowest BCUT2D eigenvalue weighted by Gasteiger charge is -2.35. The lowest BCUT2D eigenvalue weighted by molar-refractivity contribution is 0.152. The van der Waals surface area contributed by atoms with E-state index in [1.54, 1.807) is 24.1 Å². The number of para-hydroxylation sites is 1. The summed E-state index contributed by atoms with van der Waals surface area (Å²) in [6.07, 6.45) is 3.02. The summed E-state index contributed by atoms with van der Waals surface area (Å²) >= 11 is 0. The van der Waals surface area contributed by atoms with Crippen molar-refractivity contribution in [3.63, 3.8) is 0 Å². The molecular formula is C13H18N2O2. The first-order valence-corrected chi connectivity index (χ1v) is 6.00. The van der Waals surface area contributed by atoms with Gasteiger partial charge in [-0.25, -0.2) is 4.79 Å². The Bertz CT molecular complexity index is 406. The number of amides is 2.